The van der Waals surface area contributed by atoms with Crippen LogP contribution in [0, 0.1) is 0 Å². The molecule has 0 heterocycles. The van der Waals surface area contributed by atoms with Crippen molar-refractivity contribution in [2.24, 2.45) is 5.73 Å². The number of phosphoric ester groups is 1. The molecule has 10 heteroatoms. The van der Waals surface area contributed by atoms with Gasteiger partial charge in [0.05, 0.1) is 13.2 Å². The smallest absolute Gasteiger partial charge is 0.462 e. The van der Waals surface area contributed by atoms with Crippen LogP contribution in [-0.4, -0.2) is 49.3 Å². The van der Waals surface area contributed by atoms with Crippen LogP contribution in [0.25, 0.3) is 0 Å². The van der Waals surface area contributed by atoms with E-state index in [1.54, 1.807) is 0 Å². The van der Waals surface area contributed by atoms with E-state index in [1.165, 1.54) is 199 Å². The highest BCUT2D eigenvalue weighted by Gasteiger charge is 2.26. The highest BCUT2D eigenvalue weighted by molar-refractivity contribution is 7.47. The first-order valence-electron chi connectivity index (χ1n) is 25.0. The van der Waals surface area contributed by atoms with Gasteiger partial charge in [0.15, 0.2) is 6.10 Å². The molecule has 0 aromatic heterocycles. The molecular weight excluding hydrogens is 750 g/mol. The SMILES string of the molecule is CCCCCCCCCCCCCCCCCCCCCCCCCCCC(=O)OC(COC(=O)CCCCCCCCCCCCCC)COP(=O)(O)OCCN. The molecule has 0 rings (SSSR count). The average Bonchev–Trinajstić information content (AvgIpc) is 3.21. The average molecular weight is 846 g/mol. The van der Waals surface area contributed by atoms with Crippen LogP contribution in [0.15, 0.2) is 0 Å². The molecule has 0 aromatic rings. The Balaban J connectivity index is 3.92. The van der Waals surface area contributed by atoms with Crippen LogP contribution in [0.4, 0.5) is 0 Å². The number of carbonyl (C=O) groups excluding carboxylic acids is 2. The molecule has 0 aromatic carbocycles. The standard InChI is InChI=1S/C48H96NO8P/c1-3-5-7-9-11-13-15-17-18-19-20-21-22-23-24-25-26-27-28-29-31-33-35-37-39-41-48(51)57-46(45-56-58(52,53)55-43-42-49)44-54-47(50)40-38-36-34-32-30-16-14-12-10-8-6-4-2/h46H,3-45,49H2,1-2H3,(H,52,53). The molecule has 0 radical (unpaired) electrons. The van der Waals surface area contributed by atoms with Gasteiger partial charge in [-0.15, -0.1) is 0 Å². The molecule has 3 N–H and O–H groups in total. The number of carbonyl (C=O) groups is 2. The fraction of sp³-hybridized carbons (Fsp3) is 0.958. The van der Waals surface area contributed by atoms with Crippen molar-refractivity contribution in [2.75, 3.05) is 26.4 Å². The van der Waals surface area contributed by atoms with Crippen molar-refractivity contribution in [1.82, 2.24) is 0 Å². The van der Waals surface area contributed by atoms with Gasteiger partial charge in [-0.2, -0.15) is 0 Å². The second-order valence-electron chi connectivity index (χ2n) is 17.1. The maximum Gasteiger partial charge on any atom is 0.472 e. The van der Waals surface area contributed by atoms with Crippen LogP contribution in [0.2, 0.25) is 0 Å². The third-order valence-electron chi connectivity index (χ3n) is 11.2. The zero-order valence-electron chi connectivity index (χ0n) is 38.3. The fourth-order valence-electron chi connectivity index (χ4n) is 7.52. The lowest BCUT2D eigenvalue weighted by Crippen LogP contribution is -2.29. The van der Waals surface area contributed by atoms with Gasteiger partial charge in [-0.25, -0.2) is 4.57 Å². The van der Waals surface area contributed by atoms with Crippen LogP contribution in [0.5, 0.6) is 0 Å². The Labute approximate surface area is 358 Å². The molecule has 0 aliphatic heterocycles. The summed E-state index contributed by atoms with van der Waals surface area (Å²) in [5.74, 6) is -0.810. The van der Waals surface area contributed by atoms with Crippen molar-refractivity contribution in [3.63, 3.8) is 0 Å². The minimum Gasteiger partial charge on any atom is -0.462 e. The first-order valence-corrected chi connectivity index (χ1v) is 26.5. The van der Waals surface area contributed by atoms with Crippen molar-refractivity contribution in [3.05, 3.63) is 0 Å². The van der Waals surface area contributed by atoms with E-state index in [0.29, 0.717) is 6.42 Å². The third kappa shape index (κ3) is 44.6. The van der Waals surface area contributed by atoms with E-state index >= 15 is 0 Å². The molecule has 0 spiro atoms. The predicted molar refractivity (Wildman–Crippen MR) is 243 cm³/mol. The van der Waals surface area contributed by atoms with E-state index in [-0.39, 0.29) is 38.6 Å². The second kappa shape index (κ2) is 45.5. The minimum absolute atomic E-state index is 0.0582. The van der Waals surface area contributed by atoms with Crippen molar-refractivity contribution < 1.29 is 37.6 Å². The minimum atomic E-state index is -4.37. The molecule has 0 aliphatic carbocycles. The van der Waals surface area contributed by atoms with Gasteiger partial charge in [0.1, 0.15) is 6.61 Å². The molecule has 2 atom stereocenters. The van der Waals surface area contributed by atoms with E-state index in [9.17, 15) is 19.0 Å². The molecule has 9 nitrogen and oxygen atoms in total. The zero-order chi connectivity index (χ0) is 42.5. The number of hydrogen-bond donors (Lipinski definition) is 2. The summed E-state index contributed by atoms with van der Waals surface area (Å²) in [5.41, 5.74) is 5.36. The summed E-state index contributed by atoms with van der Waals surface area (Å²) < 4.78 is 32.9. The largest absolute Gasteiger partial charge is 0.472 e. The number of esters is 2. The maximum atomic E-state index is 12.6. The Morgan fingerprint density at radius 1 is 0.448 bits per heavy atom. The fourth-order valence-corrected chi connectivity index (χ4v) is 8.29. The monoisotopic (exact) mass is 846 g/mol. The Morgan fingerprint density at radius 2 is 0.741 bits per heavy atom. The summed E-state index contributed by atoms with van der Waals surface area (Å²) in [4.78, 5) is 34.9. The zero-order valence-corrected chi connectivity index (χ0v) is 39.2. The van der Waals surface area contributed by atoms with E-state index in [0.717, 1.165) is 32.1 Å². The summed E-state index contributed by atoms with van der Waals surface area (Å²) in [6, 6.07) is 0. The van der Waals surface area contributed by atoms with Gasteiger partial charge in [0.25, 0.3) is 0 Å². The van der Waals surface area contributed by atoms with Gasteiger partial charge >= 0.3 is 19.8 Å². The summed E-state index contributed by atoms with van der Waals surface area (Å²) in [5, 5.41) is 0. The van der Waals surface area contributed by atoms with Crippen LogP contribution in [0.1, 0.15) is 264 Å². The summed E-state index contributed by atoms with van der Waals surface area (Å²) in [7, 11) is -4.37. The predicted octanol–water partition coefficient (Wildman–Crippen LogP) is 14.8. The van der Waals surface area contributed by atoms with Crippen molar-refractivity contribution >= 4 is 19.8 Å². The van der Waals surface area contributed by atoms with Gasteiger partial charge in [-0.1, -0.05) is 239 Å². The van der Waals surface area contributed by atoms with Crippen LogP contribution >= 0.6 is 7.82 Å². The number of nitrogens with two attached hydrogens (primary N) is 1. The topological polar surface area (TPSA) is 134 Å². The summed E-state index contributed by atoms with van der Waals surface area (Å²) >= 11 is 0. The lowest BCUT2D eigenvalue weighted by Gasteiger charge is -2.19. The Hall–Kier alpha value is -0.990. The van der Waals surface area contributed by atoms with E-state index in [1.807, 2.05) is 0 Å². The second-order valence-corrected chi connectivity index (χ2v) is 18.5. The highest BCUT2D eigenvalue weighted by Crippen LogP contribution is 2.43. The Bertz CT molecular complexity index is 922. The lowest BCUT2D eigenvalue weighted by molar-refractivity contribution is -0.161. The Kier molecular flexibility index (Phi) is 44.8. The van der Waals surface area contributed by atoms with Gasteiger partial charge < -0.3 is 20.1 Å². The summed E-state index contributed by atoms with van der Waals surface area (Å²) in [6.07, 6.45) is 47.2. The molecule has 0 aliphatic rings. The van der Waals surface area contributed by atoms with Gasteiger partial charge in [-0.05, 0) is 12.8 Å². The quantitative estimate of drug-likeness (QED) is 0.0349. The first-order chi connectivity index (χ1) is 28.3. The Morgan fingerprint density at radius 3 is 1.05 bits per heavy atom. The molecule has 0 amide bonds. The molecule has 0 saturated heterocycles. The van der Waals surface area contributed by atoms with Crippen molar-refractivity contribution in [3.8, 4) is 0 Å². The van der Waals surface area contributed by atoms with Crippen LogP contribution < -0.4 is 5.73 Å². The maximum absolute atomic E-state index is 12.6. The van der Waals surface area contributed by atoms with Gasteiger partial charge in [-0.3, -0.25) is 18.6 Å². The number of unbranched alkanes of at least 4 members (excludes halogenated alkanes) is 35. The van der Waals surface area contributed by atoms with Crippen molar-refractivity contribution in [2.45, 2.75) is 270 Å². The molecule has 0 bridgehead atoms. The van der Waals surface area contributed by atoms with E-state index in [2.05, 4.69) is 13.8 Å². The van der Waals surface area contributed by atoms with Crippen LogP contribution in [-0.2, 0) is 32.7 Å². The number of hydrogen-bond acceptors (Lipinski definition) is 8. The first kappa shape index (κ1) is 57.0. The van der Waals surface area contributed by atoms with Crippen LogP contribution in [0.3, 0.4) is 0 Å². The molecule has 2 unspecified atom stereocenters. The van der Waals surface area contributed by atoms with Gasteiger partial charge in [0, 0.05) is 19.4 Å². The molecule has 0 fully saturated rings. The van der Waals surface area contributed by atoms with Gasteiger partial charge in [0.2, 0.25) is 0 Å². The normalized spacial score (nSPS) is 13.1. The highest BCUT2D eigenvalue weighted by atomic mass is 31.2. The number of phosphoric acid groups is 1. The molecule has 346 valence electrons. The lowest BCUT2D eigenvalue weighted by atomic mass is 10.0. The van der Waals surface area contributed by atoms with E-state index in [4.69, 9.17) is 24.3 Å². The molecule has 58 heavy (non-hydrogen) atoms. The molecule has 0 saturated carbocycles. The summed E-state index contributed by atoms with van der Waals surface area (Å²) in [6.45, 7) is 3.78. The number of ether oxygens (including phenoxy) is 2. The molecular formula is C48H96NO8P. The number of rotatable bonds is 48. The van der Waals surface area contributed by atoms with Crippen molar-refractivity contribution in [1.29, 1.82) is 0 Å². The third-order valence-corrected chi connectivity index (χ3v) is 12.2. The van der Waals surface area contributed by atoms with E-state index < -0.39 is 26.5 Å².